The molecule has 96 valence electrons. The Morgan fingerprint density at radius 3 is 2.94 bits per heavy atom. The first-order valence-corrected chi connectivity index (χ1v) is 6.83. The number of hydrogen-bond donors (Lipinski definition) is 2. The highest BCUT2D eigenvalue weighted by Crippen LogP contribution is 2.21. The van der Waals surface area contributed by atoms with E-state index in [1.54, 1.807) is 7.05 Å². The zero-order chi connectivity index (χ0) is 12.5. The molecule has 1 fully saturated rings. The molecule has 17 heavy (non-hydrogen) atoms. The van der Waals surface area contributed by atoms with Crippen molar-refractivity contribution in [1.29, 1.82) is 0 Å². The lowest BCUT2D eigenvalue weighted by molar-refractivity contribution is 0.181. The van der Waals surface area contributed by atoms with Gasteiger partial charge >= 0.3 is 0 Å². The lowest BCUT2D eigenvalue weighted by Crippen LogP contribution is -2.37. The number of H-pyrrole nitrogens is 1. The Labute approximate surface area is 100 Å². The molecular formula is C10H16N2O4S. The summed E-state index contributed by atoms with van der Waals surface area (Å²) >= 11 is 0. The quantitative estimate of drug-likeness (QED) is 0.793. The third-order valence-electron chi connectivity index (χ3n) is 2.98. The van der Waals surface area contributed by atoms with E-state index in [0.717, 1.165) is 0 Å². The number of aliphatic hydroxyl groups is 1. The zero-order valence-corrected chi connectivity index (χ0v) is 10.4. The monoisotopic (exact) mass is 260 g/mol. The fourth-order valence-electron chi connectivity index (χ4n) is 1.83. The molecule has 2 heterocycles. The minimum absolute atomic E-state index is 0.104. The van der Waals surface area contributed by atoms with E-state index in [1.807, 2.05) is 0 Å². The van der Waals surface area contributed by atoms with Crippen molar-refractivity contribution in [3.05, 3.63) is 18.0 Å². The molecule has 2 rings (SSSR count). The molecule has 1 aromatic rings. The van der Waals surface area contributed by atoms with E-state index < -0.39 is 10.0 Å². The van der Waals surface area contributed by atoms with Gasteiger partial charge in [-0.3, -0.25) is 0 Å². The molecule has 0 saturated carbocycles. The van der Waals surface area contributed by atoms with Crippen molar-refractivity contribution in [2.75, 3.05) is 20.3 Å². The first-order valence-electron chi connectivity index (χ1n) is 5.39. The van der Waals surface area contributed by atoms with Crippen LogP contribution in [0.15, 0.2) is 17.2 Å². The summed E-state index contributed by atoms with van der Waals surface area (Å²) in [6, 6.07) is 1.34. The summed E-state index contributed by atoms with van der Waals surface area (Å²) in [5, 5.41) is 8.91. The van der Waals surface area contributed by atoms with Gasteiger partial charge in [-0.25, -0.2) is 8.42 Å². The van der Waals surface area contributed by atoms with Gasteiger partial charge in [0.05, 0.1) is 24.2 Å². The smallest absolute Gasteiger partial charge is 0.244 e. The van der Waals surface area contributed by atoms with Crippen molar-refractivity contribution in [3.63, 3.8) is 0 Å². The van der Waals surface area contributed by atoms with Gasteiger partial charge in [-0.1, -0.05) is 0 Å². The van der Waals surface area contributed by atoms with Crippen molar-refractivity contribution in [3.8, 4) is 0 Å². The number of rotatable bonds is 4. The van der Waals surface area contributed by atoms with E-state index in [9.17, 15) is 8.42 Å². The molecule has 0 aromatic carbocycles. The number of ether oxygens (including phenoxy) is 1. The Balaban J connectivity index is 2.22. The molecule has 1 atom stereocenters. The summed E-state index contributed by atoms with van der Waals surface area (Å²) in [6.45, 7) is 0.832. The van der Waals surface area contributed by atoms with E-state index in [1.165, 1.54) is 16.6 Å². The highest BCUT2D eigenvalue weighted by Gasteiger charge is 2.31. The van der Waals surface area contributed by atoms with Gasteiger partial charge < -0.3 is 14.8 Å². The van der Waals surface area contributed by atoms with E-state index in [-0.39, 0.29) is 17.5 Å². The van der Waals surface area contributed by atoms with Crippen molar-refractivity contribution >= 4 is 10.0 Å². The number of aliphatic hydroxyl groups excluding tert-OH is 1. The van der Waals surface area contributed by atoms with Crippen molar-refractivity contribution in [1.82, 2.24) is 9.29 Å². The standard InChI is InChI=1S/C10H16N2O4S/c1-12(9-2-3-16-7-9)17(14,15)10-4-8(6-13)11-5-10/h4-5,9,11,13H,2-3,6-7H2,1H3. The number of nitrogens with one attached hydrogen (secondary N) is 1. The Kier molecular flexibility index (Phi) is 3.53. The molecule has 0 aliphatic carbocycles. The molecular weight excluding hydrogens is 244 g/mol. The first-order chi connectivity index (χ1) is 8.05. The summed E-state index contributed by atoms with van der Waals surface area (Å²) in [4.78, 5) is 2.90. The van der Waals surface area contributed by atoms with Gasteiger partial charge in [-0.05, 0) is 12.5 Å². The van der Waals surface area contributed by atoms with Crippen LogP contribution in [0.1, 0.15) is 12.1 Å². The molecule has 1 saturated heterocycles. The second-order valence-corrected chi connectivity index (χ2v) is 6.05. The van der Waals surface area contributed by atoms with Crippen LogP contribution in [0.5, 0.6) is 0 Å². The van der Waals surface area contributed by atoms with E-state index in [2.05, 4.69) is 4.98 Å². The Bertz CT molecular complexity index is 476. The van der Waals surface area contributed by atoms with Gasteiger partial charge in [-0.15, -0.1) is 0 Å². The summed E-state index contributed by atoms with van der Waals surface area (Å²) in [5.74, 6) is 0. The lowest BCUT2D eigenvalue weighted by atomic mass is 10.3. The SMILES string of the molecule is CN(C1CCOC1)S(=O)(=O)c1c[nH]c(CO)c1. The summed E-state index contributed by atoms with van der Waals surface area (Å²) in [6.07, 6.45) is 2.11. The second-order valence-electron chi connectivity index (χ2n) is 4.06. The average molecular weight is 260 g/mol. The van der Waals surface area contributed by atoms with Gasteiger partial charge in [0.15, 0.2) is 0 Å². The molecule has 0 bridgehead atoms. The molecule has 1 unspecified atom stereocenters. The Morgan fingerprint density at radius 1 is 1.65 bits per heavy atom. The molecule has 1 aliphatic rings. The molecule has 0 amide bonds. The number of nitrogens with zero attached hydrogens (tertiary/aromatic N) is 1. The van der Waals surface area contributed by atoms with Gasteiger partial charge in [0.25, 0.3) is 0 Å². The molecule has 7 heteroatoms. The van der Waals surface area contributed by atoms with Gasteiger partial charge in [-0.2, -0.15) is 4.31 Å². The van der Waals surface area contributed by atoms with Crippen LogP contribution in [0.3, 0.4) is 0 Å². The predicted octanol–water partition coefficient (Wildman–Crippen LogP) is -0.0836. The van der Waals surface area contributed by atoms with Gasteiger partial charge in [0.1, 0.15) is 0 Å². The maximum absolute atomic E-state index is 12.2. The van der Waals surface area contributed by atoms with E-state index in [0.29, 0.717) is 25.3 Å². The maximum Gasteiger partial charge on any atom is 0.244 e. The summed E-state index contributed by atoms with van der Waals surface area (Å²) in [7, 11) is -1.94. The summed E-state index contributed by atoms with van der Waals surface area (Å²) in [5.41, 5.74) is 0.486. The predicted molar refractivity (Wildman–Crippen MR) is 60.9 cm³/mol. The number of aromatic amines is 1. The minimum Gasteiger partial charge on any atom is -0.390 e. The molecule has 0 radical (unpaired) electrons. The third-order valence-corrected chi connectivity index (χ3v) is 4.87. The lowest BCUT2D eigenvalue weighted by Gasteiger charge is -2.21. The number of hydrogen-bond acceptors (Lipinski definition) is 4. The van der Waals surface area contributed by atoms with Gasteiger partial charge in [0.2, 0.25) is 10.0 Å². The summed E-state index contributed by atoms with van der Waals surface area (Å²) < 4.78 is 31.0. The fraction of sp³-hybridized carbons (Fsp3) is 0.600. The fourth-order valence-corrected chi connectivity index (χ4v) is 3.22. The van der Waals surface area contributed by atoms with Crippen LogP contribution < -0.4 is 0 Å². The van der Waals surface area contributed by atoms with Crippen LogP contribution in [0.25, 0.3) is 0 Å². The molecule has 0 spiro atoms. The number of aromatic nitrogens is 1. The maximum atomic E-state index is 12.2. The third kappa shape index (κ3) is 2.37. The molecule has 6 nitrogen and oxygen atoms in total. The molecule has 1 aromatic heterocycles. The number of sulfonamides is 1. The van der Waals surface area contributed by atoms with Crippen LogP contribution >= 0.6 is 0 Å². The second kappa shape index (κ2) is 4.77. The van der Waals surface area contributed by atoms with E-state index in [4.69, 9.17) is 9.84 Å². The van der Waals surface area contributed by atoms with Crippen LogP contribution in [-0.4, -0.2) is 49.1 Å². The van der Waals surface area contributed by atoms with Crippen LogP contribution in [0.2, 0.25) is 0 Å². The Morgan fingerprint density at radius 2 is 2.41 bits per heavy atom. The highest BCUT2D eigenvalue weighted by atomic mass is 32.2. The Hall–Kier alpha value is -0.890. The van der Waals surface area contributed by atoms with Crippen molar-refractivity contribution < 1.29 is 18.3 Å². The highest BCUT2D eigenvalue weighted by molar-refractivity contribution is 7.89. The molecule has 1 aliphatic heterocycles. The van der Waals surface area contributed by atoms with Crippen molar-refractivity contribution in [2.45, 2.75) is 24.0 Å². The van der Waals surface area contributed by atoms with Crippen LogP contribution in [-0.2, 0) is 21.4 Å². The topological polar surface area (TPSA) is 82.6 Å². The number of likely N-dealkylation sites (N-methyl/N-ethyl adjacent to an activating group) is 1. The average Bonchev–Trinajstić information content (AvgIpc) is 2.98. The minimum atomic E-state index is -3.50. The van der Waals surface area contributed by atoms with Crippen LogP contribution in [0.4, 0.5) is 0 Å². The normalized spacial score (nSPS) is 21.2. The first kappa shape index (κ1) is 12.6. The van der Waals surface area contributed by atoms with Crippen LogP contribution in [0, 0.1) is 0 Å². The largest absolute Gasteiger partial charge is 0.390 e. The van der Waals surface area contributed by atoms with Crippen molar-refractivity contribution in [2.24, 2.45) is 0 Å². The van der Waals surface area contributed by atoms with Gasteiger partial charge in [0, 0.05) is 25.5 Å². The molecule has 2 N–H and O–H groups in total. The zero-order valence-electron chi connectivity index (χ0n) is 9.59. The van der Waals surface area contributed by atoms with E-state index >= 15 is 0 Å².